The van der Waals surface area contributed by atoms with Gasteiger partial charge in [-0.3, -0.25) is 0 Å². The second-order valence-electron chi connectivity index (χ2n) is 4.38. The summed E-state index contributed by atoms with van der Waals surface area (Å²) in [5, 5.41) is 12.9. The molecule has 1 aliphatic rings. The van der Waals surface area contributed by atoms with Gasteiger partial charge < -0.3 is 20.1 Å². The lowest BCUT2D eigenvalue weighted by atomic mass is 10.0. The fraction of sp³-hybridized carbons (Fsp3) is 0.818. The Morgan fingerprint density at radius 2 is 2.24 bits per heavy atom. The largest absolute Gasteiger partial charge is 0.394 e. The predicted octanol–water partition coefficient (Wildman–Crippen LogP) is 0.867. The lowest BCUT2D eigenvalue weighted by molar-refractivity contribution is -0.0469. The summed E-state index contributed by atoms with van der Waals surface area (Å²) in [6.07, 6.45) is 4.04. The Labute approximate surface area is 100 Å². The van der Waals surface area contributed by atoms with Gasteiger partial charge in [-0.1, -0.05) is 5.16 Å². The third-order valence-electron chi connectivity index (χ3n) is 3.20. The molecule has 0 saturated heterocycles. The summed E-state index contributed by atoms with van der Waals surface area (Å²) in [7, 11) is 0. The van der Waals surface area contributed by atoms with Crippen molar-refractivity contribution >= 4 is 0 Å². The molecule has 96 valence electrons. The van der Waals surface area contributed by atoms with Crippen LogP contribution in [0.5, 0.6) is 0 Å². The van der Waals surface area contributed by atoms with E-state index in [1.807, 2.05) is 6.92 Å². The van der Waals surface area contributed by atoms with Crippen molar-refractivity contribution in [3.63, 3.8) is 0 Å². The molecule has 0 aromatic carbocycles. The van der Waals surface area contributed by atoms with Crippen molar-refractivity contribution in [2.45, 2.75) is 44.2 Å². The van der Waals surface area contributed by atoms with Gasteiger partial charge in [-0.2, -0.15) is 4.98 Å². The third-order valence-corrected chi connectivity index (χ3v) is 3.20. The Hall–Kier alpha value is -0.980. The topological polar surface area (TPSA) is 94.4 Å². The van der Waals surface area contributed by atoms with Gasteiger partial charge in [0, 0.05) is 6.61 Å². The number of rotatable bonds is 5. The van der Waals surface area contributed by atoms with Gasteiger partial charge in [-0.25, -0.2) is 0 Å². The van der Waals surface area contributed by atoms with Gasteiger partial charge >= 0.3 is 0 Å². The lowest BCUT2D eigenvalue weighted by Crippen LogP contribution is -2.28. The maximum absolute atomic E-state index is 8.95. The summed E-state index contributed by atoms with van der Waals surface area (Å²) in [6.45, 7) is 2.37. The number of nitrogens with two attached hydrogens (primary N) is 1. The van der Waals surface area contributed by atoms with Crippen molar-refractivity contribution < 1.29 is 14.4 Å². The van der Waals surface area contributed by atoms with E-state index in [0.717, 1.165) is 25.7 Å². The fourth-order valence-electron chi connectivity index (χ4n) is 2.30. The molecule has 1 heterocycles. The zero-order valence-corrected chi connectivity index (χ0v) is 10.1. The molecule has 1 atom stereocenters. The standard InChI is InChI=1S/C11H19N3O3/c1-2-16-11(5-3-4-6-11)10-13-9(17-14-10)8(12)7-15/h8,15H,2-7,12H2,1H3. The van der Waals surface area contributed by atoms with Crippen molar-refractivity contribution in [3.05, 3.63) is 11.7 Å². The molecule has 1 aliphatic carbocycles. The molecule has 2 rings (SSSR count). The van der Waals surface area contributed by atoms with Gasteiger partial charge in [0.05, 0.1) is 6.61 Å². The van der Waals surface area contributed by atoms with Crippen LogP contribution in [0.4, 0.5) is 0 Å². The monoisotopic (exact) mass is 241 g/mol. The normalized spacial score (nSPS) is 20.6. The van der Waals surface area contributed by atoms with Gasteiger partial charge in [-0.05, 0) is 32.6 Å². The maximum Gasteiger partial charge on any atom is 0.246 e. The van der Waals surface area contributed by atoms with Gasteiger partial charge in [0.1, 0.15) is 11.6 Å². The molecule has 1 fully saturated rings. The number of aliphatic hydroxyl groups excluding tert-OH is 1. The van der Waals surface area contributed by atoms with E-state index in [-0.39, 0.29) is 12.5 Å². The summed E-state index contributed by atoms with van der Waals surface area (Å²) in [6, 6.07) is -0.615. The summed E-state index contributed by atoms with van der Waals surface area (Å²) < 4.78 is 10.9. The first-order chi connectivity index (χ1) is 8.22. The molecule has 0 amide bonds. The zero-order valence-electron chi connectivity index (χ0n) is 10.1. The van der Waals surface area contributed by atoms with Crippen LogP contribution in [0.15, 0.2) is 4.52 Å². The molecule has 0 spiro atoms. The Balaban J connectivity index is 2.22. The average Bonchev–Trinajstić information content (AvgIpc) is 2.97. The minimum atomic E-state index is -0.615. The average molecular weight is 241 g/mol. The van der Waals surface area contributed by atoms with Crippen molar-refractivity contribution in [3.8, 4) is 0 Å². The third kappa shape index (κ3) is 2.34. The first kappa shape index (κ1) is 12.5. The van der Waals surface area contributed by atoms with E-state index in [1.165, 1.54) is 0 Å². The van der Waals surface area contributed by atoms with Crippen LogP contribution >= 0.6 is 0 Å². The highest BCUT2D eigenvalue weighted by Gasteiger charge is 2.41. The Morgan fingerprint density at radius 1 is 1.53 bits per heavy atom. The second-order valence-corrected chi connectivity index (χ2v) is 4.38. The van der Waals surface area contributed by atoms with E-state index in [9.17, 15) is 0 Å². The van der Waals surface area contributed by atoms with Crippen molar-refractivity contribution in [1.82, 2.24) is 10.1 Å². The predicted molar refractivity (Wildman–Crippen MR) is 60.1 cm³/mol. The van der Waals surface area contributed by atoms with Crippen LogP contribution in [0.1, 0.15) is 50.4 Å². The van der Waals surface area contributed by atoms with Crippen molar-refractivity contribution in [2.24, 2.45) is 5.73 Å². The maximum atomic E-state index is 8.95. The molecule has 1 aromatic heterocycles. The highest BCUT2D eigenvalue weighted by Crippen LogP contribution is 2.40. The number of ether oxygens (including phenoxy) is 1. The first-order valence-electron chi connectivity index (χ1n) is 6.06. The Morgan fingerprint density at radius 3 is 2.82 bits per heavy atom. The van der Waals surface area contributed by atoms with Crippen LogP contribution in [0.25, 0.3) is 0 Å². The molecule has 1 saturated carbocycles. The zero-order chi connectivity index (χ0) is 12.3. The molecule has 6 heteroatoms. The number of aliphatic hydroxyl groups is 1. The van der Waals surface area contributed by atoms with Gasteiger partial charge in [-0.15, -0.1) is 0 Å². The Bertz CT molecular complexity index is 361. The van der Waals surface area contributed by atoms with E-state index >= 15 is 0 Å². The minimum Gasteiger partial charge on any atom is -0.394 e. The van der Waals surface area contributed by atoms with Crippen LogP contribution in [-0.2, 0) is 10.3 Å². The van der Waals surface area contributed by atoms with Crippen LogP contribution in [0.3, 0.4) is 0 Å². The molecule has 3 N–H and O–H groups in total. The Kier molecular flexibility index (Phi) is 3.76. The summed E-state index contributed by atoms with van der Waals surface area (Å²) in [4.78, 5) is 4.27. The molecule has 1 aromatic rings. The molecule has 0 radical (unpaired) electrons. The lowest BCUT2D eigenvalue weighted by Gasteiger charge is -2.24. The number of aromatic nitrogens is 2. The number of hydrogen-bond donors (Lipinski definition) is 2. The van der Waals surface area contributed by atoms with E-state index in [2.05, 4.69) is 10.1 Å². The molecule has 0 aliphatic heterocycles. The quantitative estimate of drug-likeness (QED) is 0.794. The smallest absolute Gasteiger partial charge is 0.246 e. The molecule has 6 nitrogen and oxygen atoms in total. The fourth-order valence-corrected chi connectivity index (χ4v) is 2.30. The number of hydrogen-bond acceptors (Lipinski definition) is 6. The van der Waals surface area contributed by atoms with E-state index in [0.29, 0.717) is 12.4 Å². The minimum absolute atomic E-state index is 0.205. The van der Waals surface area contributed by atoms with E-state index in [1.54, 1.807) is 0 Å². The van der Waals surface area contributed by atoms with Crippen molar-refractivity contribution in [1.29, 1.82) is 0 Å². The molecule has 1 unspecified atom stereocenters. The summed E-state index contributed by atoms with van der Waals surface area (Å²) in [5.74, 6) is 0.837. The molecular weight excluding hydrogens is 222 g/mol. The summed E-state index contributed by atoms with van der Waals surface area (Å²) >= 11 is 0. The second kappa shape index (κ2) is 5.12. The molecule has 0 bridgehead atoms. The van der Waals surface area contributed by atoms with Gasteiger partial charge in [0.25, 0.3) is 0 Å². The van der Waals surface area contributed by atoms with Gasteiger partial charge in [0.15, 0.2) is 0 Å². The van der Waals surface area contributed by atoms with Crippen LogP contribution in [-0.4, -0.2) is 28.5 Å². The SMILES string of the molecule is CCOC1(c2noc(C(N)CO)n2)CCCC1. The van der Waals surface area contributed by atoms with Crippen LogP contribution in [0.2, 0.25) is 0 Å². The molecule has 17 heavy (non-hydrogen) atoms. The highest BCUT2D eigenvalue weighted by molar-refractivity contribution is 5.05. The van der Waals surface area contributed by atoms with E-state index < -0.39 is 11.6 Å². The highest BCUT2D eigenvalue weighted by atomic mass is 16.5. The molecular formula is C11H19N3O3. The first-order valence-corrected chi connectivity index (χ1v) is 6.06. The van der Waals surface area contributed by atoms with Gasteiger partial charge in [0.2, 0.25) is 11.7 Å². The number of nitrogens with zero attached hydrogens (tertiary/aromatic N) is 2. The summed E-state index contributed by atoms with van der Waals surface area (Å²) in [5.41, 5.74) is 5.23. The van der Waals surface area contributed by atoms with Crippen LogP contribution < -0.4 is 5.73 Å². The van der Waals surface area contributed by atoms with Crippen molar-refractivity contribution in [2.75, 3.05) is 13.2 Å². The van der Waals surface area contributed by atoms with Crippen LogP contribution in [0, 0.1) is 0 Å². The van der Waals surface area contributed by atoms with E-state index in [4.69, 9.17) is 20.1 Å².